The van der Waals surface area contributed by atoms with Gasteiger partial charge < -0.3 is 20.2 Å². The van der Waals surface area contributed by atoms with Gasteiger partial charge in [-0.05, 0) is 37.7 Å². The van der Waals surface area contributed by atoms with E-state index in [0.717, 1.165) is 36.9 Å². The molecule has 0 radical (unpaired) electrons. The Balaban J connectivity index is 0.00000420. The zero-order chi connectivity index (χ0) is 20.2. The lowest BCUT2D eigenvalue weighted by molar-refractivity contribution is 0.193. The van der Waals surface area contributed by atoms with Crippen LogP contribution in [0.3, 0.4) is 0 Å². The summed E-state index contributed by atoms with van der Waals surface area (Å²) < 4.78 is 5.67. The van der Waals surface area contributed by atoms with Gasteiger partial charge in [-0.25, -0.2) is 0 Å². The molecule has 0 saturated heterocycles. The molecule has 6 nitrogen and oxygen atoms in total. The Morgan fingerprint density at radius 1 is 1.07 bits per heavy atom. The number of guanidine groups is 1. The Kier molecular flexibility index (Phi) is 12.6. The first kappa shape index (κ1) is 25.5. The monoisotopic (exact) mass is 514 g/mol. The van der Waals surface area contributed by atoms with E-state index in [1.54, 1.807) is 6.26 Å². The molecule has 0 spiro atoms. The summed E-state index contributed by atoms with van der Waals surface area (Å²) in [7, 11) is 0. The van der Waals surface area contributed by atoms with Crippen LogP contribution in [0.5, 0.6) is 0 Å². The molecule has 0 amide bonds. The smallest absolute Gasteiger partial charge is 0.191 e. The maximum atomic E-state index is 9.77. The molecule has 0 bridgehead atoms. The number of halogens is 1. The van der Waals surface area contributed by atoms with Gasteiger partial charge in [-0.15, -0.1) is 24.0 Å². The summed E-state index contributed by atoms with van der Waals surface area (Å²) in [5.41, 5.74) is 1.10. The second-order valence-corrected chi connectivity index (χ2v) is 6.64. The van der Waals surface area contributed by atoms with Crippen LogP contribution < -0.4 is 10.6 Å². The molecule has 2 atom stereocenters. The third-order valence-corrected chi connectivity index (χ3v) is 4.89. The van der Waals surface area contributed by atoms with Crippen LogP contribution >= 0.6 is 24.0 Å². The zero-order valence-electron chi connectivity index (χ0n) is 17.7. The summed E-state index contributed by atoms with van der Waals surface area (Å²) in [6.45, 7) is 10.3. The zero-order valence-corrected chi connectivity index (χ0v) is 20.0. The Morgan fingerprint density at radius 3 is 2.34 bits per heavy atom. The summed E-state index contributed by atoms with van der Waals surface area (Å²) in [6.07, 6.45) is 1.72. The fourth-order valence-electron chi connectivity index (χ4n) is 3.29. The molecule has 2 aromatic rings. The molecule has 0 aliphatic heterocycles. The highest BCUT2D eigenvalue weighted by molar-refractivity contribution is 14.0. The lowest BCUT2D eigenvalue weighted by Crippen LogP contribution is -2.43. The molecule has 2 rings (SSSR count). The number of aliphatic hydroxyl groups excluding tert-OH is 1. The van der Waals surface area contributed by atoms with E-state index in [4.69, 9.17) is 9.41 Å². The highest BCUT2D eigenvalue weighted by Gasteiger charge is 2.21. The number of furan rings is 1. The predicted molar refractivity (Wildman–Crippen MR) is 130 cm³/mol. The van der Waals surface area contributed by atoms with Crippen molar-refractivity contribution in [3.8, 4) is 0 Å². The minimum atomic E-state index is -0.0136. The fourth-order valence-corrected chi connectivity index (χ4v) is 3.29. The van der Waals surface area contributed by atoms with Gasteiger partial charge in [0.2, 0.25) is 0 Å². The minimum Gasteiger partial charge on any atom is -0.468 e. The quantitative estimate of drug-likeness (QED) is 0.243. The number of hydrogen-bond donors (Lipinski definition) is 3. The number of likely N-dealkylation sites (N-methyl/N-ethyl adjacent to an activating group) is 1. The molecule has 1 heterocycles. The van der Waals surface area contributed by atoms with Crippen molar-refractivity contribution in [2.75, 3.05) is 39.3 Å². The normalized spacial score (nSPS) is 13.6. The summed E-state index contributed by atoms with van der Waals surface area (Å²) in [5.74, 6) is 1.69. The SMILES string of the molecule is CCNC(=NCC(CO)c1ccccc1)NCC(c1ccco1)N(CC)CC.I. The molecular formula is C22H35IN4O2. The van der Waals surface area contributed by atoms with E-state index >= 15 is 0 Å². The third kappa shape index (κ3) is 7.98. The van der Waals surface area contributed by atoms with Gasteiger partial charge in [-0.1, -0.05) is 44.2 Å². The van der Waals surface area contributed by atoms with Crippen LogP contribution in [0, 0.1) is 0 Å². The van der Waals surface area contributed by atoms with Gasteiger partial charge in [-0.3, -0.25) is 9.89 Å². The van der Waals surface area contributed by atoms with Crippen molar-refractivity contribution in [3.05, 3.63) is 60.1 Å². The van der Waals surface area contributed by atoms with Crippen LogP contribution in [0.4, 0.5) is 0 Å². The molecule has 1 aromatic carbocycles. The van der Waals surface area contributed by atoms with E-state index in [-0.39, 0.29) is 42.5 Å². The second kappa shape index (κ2) is 14.4. The van der Waals surface area contributed by atoms with Crippen molar-refractivity contribution in [2.24, 2.45) is 4.99 Å². The fraction of sp³-hybridized carbons (Fsp3) is 0.500. The van der Waals surface area contributed by atoms with Gasteiger partial charge in [0.25, 0.3) is 0 Å². The van der Waals surface area contributed by atoms with E-state index in [1.165, 1.54) is 0 Å². The van der Waals surface area contributed by atoms with Crippen LogP contribution in [0.15, 0.2) is 58.1 Å². The predicted octanol–water partition coefficient (Wildman–Crippen LogP) is 3.61. The van der Waals surface area contributed by atoms with E-state index in [1.807, 2.05) is 49.4 Å². The largest absolute Gasteiger partial charge is 0.468 e. The Labute approximate surface area is 191 Å². The van der Waals surface area contributed by atoms with Crippen LogP contribution in [0.25, 0.3) is 0 Å². The van der Waals surface area contributed by atoms with E-state index in [2.05, 4.69) is 29.4 Å². The number of nitrogens with one attached hydrogen (secondary N) is 2. The van der Waals surface area contributed by atoms with Crippen molar-refractivity contribution in [1.82, 2.24) is 15.5 Å². The highest BCUT2D eigenvalue weighted by atomic mass is 127. The molecule has 7 heteroatoms. The van der Waals surface area contributed by atoms with Gasteiger partial charge in [0.05, 0.1) is 25.5 Å². The minimum absolute atomic E-state index is 0. The van der Waals surface area contributed by atoms with E-state index in [9.17, 15) is 5.11 Å². The average Bonchev–Trinajstić information content (AvgIpc) is 3.26. The van der Waals surface area contributed by atoms with Gasteiger partial charge in [0.15, 0.2) is 5.96 Å². The molecular weight excluding hydrogens is 479 g/mol. The number of nitrogens with zero attached hydrogens (tertiary/aromatic N) is 2. The topological polar surface area (TPSA) is 73.0 Å². The summed E-state index contributed by atoms with van der Waals surface area (Å²) in [4.78, 5) is 7.07. The Morgan fingerprint density at radius 2 is 1.79 bits per heavy atom. The first-order chi connectivity index (χ1) is 13.7. The van der Waals surface area contributed by atoms with E-state index in [0.29, 0.717) is 13.1 Å². The molecule has 0 saturated carbocycles. The number of aliphatic imine (C=N–C) groups is 1. The first-order valence-electron chi connectivity index (χ1n) is 10.2. The van der Waals surface area contributed by atoms with Crippen molar-refractivity contribution in [2.45, 2.75) is 32.7 Å². The average molecular weight is 514 g/mol. The number of rotatable bonds is 11. The highest BCUT2D eigenvalue weighted by Crippen LogP contribution is 2.20. The molecule has 0 aliphatic carbocycles. The van der Waals surface area contributed by atoms with Crippen LogP contribution in [0.2, 0.25) is 0 Å². The van der Waals surface area contributed by atoms with Gasteiger partial charge in [0, 0.05) is 19.0 Å². The molecule has 2 unspecified atom stereocenters. The molecule has 1 aromatic heterocycles. The van der Waals surface area contributed by atoms with Crippen molar-refractivity contribution >= 4 is 29.9 Å². The first-order valence-corrected chi connectivity index (χ1v) is 10.2. The van der Waals surface area contributed by atoms with Crippen molar-refractivity contribution < 1.29 is 9.52 Å². The lowest BCUT2D eigenvalue weighted by atomic mass is 10.0. The molecule has 0 aliphatic rings. The molecule has 29 heavy (non-hydrogen) atoms. The Bertz CT molecular complexity index is 675. The number of hydrogen-bond acceptors (Lipinski definition) is 4. The Hall–Kier alpha value is -1.58. The van der Waals surface area contributed by atoms with Crippen LogP contribution in [0.1, 0.15) is 44.1 Å². The van der Waals surface area contributed by atoms with Gasteiger partial charge >= 0.3 is 0 Å². The number of benzene rings is 1. The molecule has 162 valence electrons. The summed E-state index contributed by atoms with van der Waals surface area (Å²) in [6, 6.07) is 14.1. The summed E-state index contributed by atoms with van der Waals surface area (Å²) >= 11 is 0. The molecule has 3 N–H and O–H groups in total. The standard InChI is InChI=1S/C22H34N4O2.HI/c1-4-23-22(24-15-19(17-27)18-11-8-7-9-12-18)25-16-20(26(5-2)6-3)21-13-10-14-28-21;/h7-14,19-20,27H,4-6,15-17H2,1-3H3,(H2,23,24,25);1H. The van der Waals surface area contributed by atoms with Crippen LogP contribution in [-0.4, -0.2) is 55.3 Å². The summed E-state index contributed by atoms with van der Waals surface area (Å²) in [5, 5.41) is 16.5. The van der Waals surface area contributed by atoms with Crippen molar-refractivity contribution in [1.29, 1.82) is 0 Å². The lowest BCUT2D eigenvalue weighted by Gasteiger charge is -2.29. The number of aliphatic hydroxyl groups is 1. The van der Waals surface area contributed by atoms with Gasteiger partial charge in [0.1, 0.15) is 5.76 Å². The van der Waals surface area contributed by atoms with Crippen molar-refractivity contribution in [3.63, 3.8) is 0 Å². The van der Waals surface area contributed by atoms with E-state index < -0.39 is 0 Å². The van der Waals surface area contributed by atoms with Crippen LogP contribution in [-0.2, 0) is 0 Å². The second-order valence-electron chi connectivity index (χ2n) is 6.64. The maximum absolute atomic E-state index is 9.77. The molecule has 0 fully saturated rings. The maximum Gasteiger partial charge on any atom is 0.191 e. The third-order valence-electron chi connectivity index (χ3n) is 4.89. The van der Waals surface area contributed by atoms with Gasteiger partial charge in [-0.2, -0.15) is 0 Å².